The smallest absolute Gasteiger partial charge is 0.327 e. The maximum atomic E-state index is 14.1. The molecule has 6 atom stereocenters. The lowest BCUT2D eigenvalue weighted by Gasteiger charge is -2.30. The van der Waals surface area contributed by atoms with E-state index in [1.54, 1.807) is 60.7 Å². The van der Waals surface area contributed by atoms with Crippen LogP contribution in [-0.2, 0) is 45.5 Å². The summed E-state index contributed by atoms with van der Waals surface area (Å²) < 4.78 is 0. The molecule has 8 aromatic rings. The lowest BCUT2D eigenvalue weighted by molar-refractivity contribution is -0.144. The number of nitrogens with two attached hydrogens (primary N) is 2. The van der Waals surface area contributed by atoms with Gasteiger partial charge in [0.15, 0.2) is 17.1 Å². The van der Waals surface area contributed by atoms with E-state index in [1.165, 1.54) is 23.9 Å². The van der Waals surface area contributed by atoms with Crippen LogP contribution in [0.3, 0.4) is 0 Å². The van der Waals surface area contributed by atoms with E-state index in [2.05, 4.69) is 80.5 Å². The van der Waals surface area contributed by atoms with Gasteiger partial charge in [0.25, 0.3) is 23.3 Å². The predicted octanol–water partition coefficient (Wildman–Crippen LogP) is 6.28. The van der Waals surface area contributed by atoms with Crippen molar-refractivity contribution in [1.29, 1.82) is 5.41 Å². The Morgan fingerprint density at radius 2 is 1.45 bits per heavy atom. The van der Waals surface area contributed by atoms with Crippen molar-refractivity contribution in [2.45, 2.75) is 81.8 Å². The number of nitrogen functional groups attached to an aromatic ring is 1. The number of amides is 5. The monoisotopic (exact) mass is 1410 g/mol. The van der Waals surface area contributed by atoms with Crippen LogP contribution in [0.1, 0.15) is 106 Å². The van der Waals surface area contributed by atoms with E-state index in [4.69, 9.17) is 16.9 Å². The largest absolute Gasteiger partial charge is 0.481 e. The normalized spacial score (nSPS) is 16.1. The molecule has 17 N–H and O–H groups in total. The van der Waals surface area contributed by atoms with Crippen molar-refractivity contribution in [2.75, 3.05) is 46.3 Å². The third kappa shape index (κ3) is 16.7. The first-order valence-corrected chi connectivity index (χ1v) is 34.6. The molecule has 11 rings (SSSR count). The number of carbonyl (C=O) groups excluding carboxylic acids is 7. The van der Waals surface area contributed by atoms with Gasteiger partial charge in [0.1, 0.15) is 35.0 Å². The molecule has 1 saturated heterocycles. The molecule has 101 heavy (non-hydrogen) atoms. The van der Waals surface area contributed by atoms with Crippen LogP contribution in [0.4, 0.5) is 23.0 Å². The Hall–Kier alpha value is -11.7. The Bertz CT molecular complexity index is 4780. The highest BCUT2D eigenvalue weighted by Crippen LogP contribution is 2.67. The topological polar surface area (TPSA) is 486 Å². The number of aromatic amines is 3. The summed E-state index contributed by atoms with van der Waals surface area (Å²) in [6.07, 6.45) is 1.73. The maximum Gasteiger partial charge on any atom is 0.327 e. The van der Waals surface area contributed by atoms with Crippen LogP contribution in [0.25, 0.3) is 38.5 Å². The molecule has 0 bridgehead atoms. The van der Waals surface area contributed by atoms with Crippen molar-refractivity contribution < 1.29 is 63.3 Å². The van der Waals surface area contributed by atoms with E-state index in [1.807, 2.05) is 23.1 Å². The first-order chi connectivity index (χ1) is 48.4. The number of carboxylic acids is 3. The minimum atomic E-state index is -1.58. The zero-order valence-corrected chi connectivity index (χ0v) is 55.6. The molecule has 1 spiro atoms. The molecular formula is C69H70N16O14S2. The molecule has 1 aliphatic heterocycles. The molecule has 3 aliphatic rings. The molecule has 5 heterocycles. The van der Waals surface area contributed by atoms with Gasteiger partial charge in [-0.1, -0.05) is 52.4 Å². The summed E-state index contributed by atoms with van der Waals surface area (Å²) in [4.78, 5) is 167. The Kier molecular flexibility index (Phi) is 21.4. The fraction of sp³-hybridized carbons (Fsp3) is 0.290. The minimum Gasteiger partial charge on any atom is -0.481 e. The lowest BCUT2D eigenvalue weighted by atomic mass is 9.80. The fourth-order valence-electron chi connectivity index (χ4n) is 12.7. The summed E-state index contributed by atoms with van der Waals surface area (Å²) >= 11 is 0. The third-order valence-corrected chi connectivity index (χ3v) is 20.2. The standard InChI is InChI=1S/C69H70N16O14S2/c1-34-21-55-69(47-7-3-2-6-46(34)47)29-40(69)32-85(55)64(95)52-26-38-23-43(13-16-49(38)80-52)78-62(93)51-25-37-22-42(12-15-48(37)79-51)76-56(88)18-20-100-101-33-53(66(98)99)82-61(92)39(28-57(89)90)27-54(87)36(5-4-19-73-67(70)71)24-45(86)14-17-50(65(96)97)81-60(91)35-8-10-41(11-9-35)74-30-44-31-75-59-58(77-44)63(94)84-68(72)83-59/h2-3,6-13,15-16,21-23,25-26,31,36,39-40,50,53,74,79-80H,1,4-5,14,17-20,24,27-30,32-33H2,(H,76,88)(H,78,93)(H,81,91)(H,82,92)(H,89,90)(H,96,97)(H,98,99)(H4,70,71,73)(H3,72,75,83,84,94)/t36-,39+,40?,50+,53?,69?/m0/s1. The number of ketones is 2. The Balaban J connectivity index is 0.618. The molecule has 4 aromatic heterocycles. The second kappa shape index (κ2) is 30.6. The molecule has 1 saturated carbocycles. The second-order valence-electron chi connectivity index (χ2n) is 24.8. The van der Waals surface area contributed by atoms with Crippen molar-refractivity contribution in [3.05, 3.63) is 166 Å². The summed E-state index contributed by atoms with van der Waals surface area (Å²) in [5, 5.41) is 54.9. The number of aliphatic carboxylic acids is 3. The minimum absolute atomic E-state index is 0.0115. The van der Waals surface area contributed by atoms with Crippen LogP contribution in [0, 0.1) is 23.2 Å². The van der Waals surface area contributed by atoms with Crippen LogP contribution in [0.2, 0.25) is 0 Å². The lowest BCUT2D eigenvalue weighted by Crippen LogP contribution is -2.46. The summed E-state index contributed by atoms with van der Waals surface area (Å²) in [6.45, 7) is 5.12. The molecule has 32 heteroatoms. The number of carbonyl (C=O) groups is 10. The average molecular weight is 1410 g/mol. The van der Waals surface area contributed by atoms with Crippen LogP contribution < -0.4 is 48.9 Å². The molecule has 4 aromatic carbocycles. The number of guanidine groups is 1. The van der Waals surface area contributed by atoms with E-state index < -0.39 is 102 Å². The first kappa shape index (κ1) is 70.6. The number of piperidine rings is 1. The Morgan fingerprint density at radius 3 is 2.16 bits per heavy atom. The highest BCUT2D eigenvalue weighted by molar-refractivity contribution is 8.76. The summed E-state index contributed by atoms with van der Waals surface area (Å²) in [6, 6.07) is 24.9. The number of rotatable bonds is 33. The number of likely N-dealkylation sites (tertiary alicyclic amines) is 1. The van der Waals surface area contributed by atoms with E-state index in [9.17, 15) is 68.1 Å². The highest BCUT2D eigenvalue weighted by Gasteiger charge is 2.66. The van der Waals surface area contributed by atoms with Gasteiger partial charge in [0, 0.05) is 112 Å². The van der Waals surface area contributed by atoms with Gasteiger partial charge in [-0.3, -0.25) is 53.5 Å². The number of anilines is 4. The third-order valence-electron chi connectivity index (χ3n) is 17.8. The number of benzene rings is 4. The van der Waals surface area contributed by atoms with Crippen LogP contribution >= 0.6 is 21.6 Å². The number of allylic oxidation sites excluding steroid dienone is 3. The molecule has 5 amide bonds. The Morgan fingerprint density at radius 1 is 0.752 bits per heavy atom. The molecule has 2 fully saturated rings. The number of hydrogen-bond donors (Lipinski definition) is 15. The van der Waals surface area contributed by atoms with Crippen LogP contribution in [-0.4, -0.2) is 152 Å². The van der Waals surface area contributed by atoms with Crippen molar-refractivity contribution in [3.63, 3.8) is 0 Å². The number of Topliss-reactive ketones (excluding diaryl/α,β-unsaturated/α-hetero) is 2. The number of hydrogen-bond acceptors (Lipinski definition) is 19. The number of H-pyrrole nitrogens is 3. The van der Waals surface area contributed by atoms with Gasteiger partial charge in [-0.05, 0) is 127 Å². The number of nitrogens with one attached hydrogen (secondary N) is 10. The summed E-state index contributed by atoms with van der Waals surface area (Å²) in [5.41, 5.74) is 18.5. The van der Waals surface area contributed by atoms with Crippen LogP contribution in [0.5, 0.6) is 0 Å². The van der Waals surface area contributed by atoms with Gasteiger partial charge in [-0.25, -0.2) is 19.6 Å². The van der Waals surface area contributed by atoms with E-state index in [0.717, 1.165) is 55.7 Å². The van der Waals surface area contributed by atoms with Crippen molar-refractivity contribution in [3.8, 4) is 0 Å². The van der Waals surface area contributed by atoms with Crippen molar-refractivity contribution in [2.24, 2.45) is 23.5 Å². The summed E-state index contributed by atoms with van der Waals surface area (Å²) in [7, 11) is 2.16. The number of aromatic nitrogens is 6. The second-order valence-corrected chi connectivity index (χ2v) is 27.5. The maximum absolute atomic E-state index is 14.1. The van der Waals surface area contributed by atoms with E-state index in [-0.39, 0.29) is 102 Å². The fourth-order valence-corrected chi connectivity index (χ4v) is 14.8. The van der Waals surface area contributed by atoms with Gasteiger partial charge >= 0.3 is 17.9 Å². The van der Waals surface area contributed by atoms with E-state index >= 15 is 0 Å². The van der Waals surface area contributed by atoms with Gasteiger partial charge < -0.3 is 73.6 Å². The average Bonchev–Trinajstić information content (AvgIpc) is 1.51. The molecule has 3 unspecified atom stereocenters. The van der Waals surface area contributed by atoms with Gasteiger partial charge in [-0.2, -0.15) is 4.98 Å². The SMILES string of the molecule is C=C1C=C2N(C(=O)c3cc4cc(NC(=O)c5cc6cc(NC(=O)CCSSCC(NC(=O)[C@@H](CC(=O)O)CC(=O)[C@@H](CCCNC(=N)N)CC(=O)CC[C@@H](NC(=O)c7ccc(NCc8cnc9nc(N)[nH]c(=O)c9n8)cc7)C(=O)O)C(=O)O)ccc6[nH]5)ccc4[nH]3)CC3CC23c2ccccc21. The van der Waals surface area contributed by atoms with Crippen molar-refractivity contribution in [1.82, 2.24) is 50.8 Å². The van der Waals surface area contributed by atoms with Gasteiger partial charge in [0.05, 0.1) is 30.8 Å². The first-order valence-electron chi connectivity index (χ1n) is 32.1. The van der Waals surface area contributed by atoms with E-state index in [0.29, 0.717) is 51.8 Å². The molecule has 0 radical (unpaired) electrons. The highest BCUT2D eigenvalue weighted by atomic mass is 33.1. The summed E-state index contributed by atoms with van der Waals surface area (Å²) in [5.74, 6) is -11.3. The number of carboxylic acid groups (broad SMARTS) is 3. The van der Waals surface area contributed by atoms with Gasteiger partial charge in [-0.15, -0.1) is 0 Å². The Labute approximate surface area is 582 Å². The van der Waals surface area contributed by atoms with Crippen molar-refractivity contribution >= 4 is 148 Å². The zero-order chi connectivity index (χ0) is 71.8. The number of nitrogens with zero attached hydrogens (tertiary/aromatic N) is 4. The molecule has 2 aliphatic carbocycles. The molecular weight excluding hydrogens is 1340 g/mol. The van der Waals surface area contributed by atoms with Crippen LogP contribution in [0.15, 0.2) is 126 Å². The molecule has 30 nitrogen and oxygen atoms in total. The number of fused-ring (bicyclic) bond motifs is 4. The predicted molar refractivity (Wildman–Crippen MR) is 379 cm³/mol. The quantitative estimate of drug-likeness (QED) is 0.00931. The molecule has 522 valence electrons. The zero-order valence-electron chi connectivity index (χ0n) is 54.0. The van der Waals surface area contributed by atoms with Gasteiger partial charge in [0.2, 0.25) is 17.8 Å².